The summed E-state index contributed by atoms with van der Waals surface area (Å²) in [5.74, 6) is -1.00. The lowest BCUT2D eigenvalue weighted by Gasteiger charge is -2.29. The van der Waals surface area contributed by atoms with Crippen LogP contribution in [-0.2, 0) is 38.8 Å². The van der Waals surface area contributed by atoms with E-state index in [2.05, 4.69) is 5.32 Å². The van der Waals surface area contributed by atoms with Gasteiger partial charge in [0.2, 0.25) is 17.7 Å². The molecule has 0 aliphatic carbocycles. The van der Waals surface area contributed by atoms with E-state index in [1.54, 1.807) is 18.2 Å². The Morgan fingerprint density at radius 3 is 2.68 bits per heavy atom. The summed E-state index contributed by atoms with van der Waals surface area (Å²) in [6, 6.07) is 12.0. The maximum atomic E-state index is 13.0. The van der Waals surface area contributed by atoms with Gasteiger partial charge in [0.1, 0.15) is 25.0 Å². The Morgan fingerprint density at radius 1 is 1.09 bits per heavy atom. The fourth-order valence-electron chi connectivity index (χ4n) is 4.34. The molecule has 3 aliphatic heterocycles. The summed E-state index contributed by atoms with van der Waals surface area (Å²) in [6.45, 7) is -1.42. The van der Waals surface area contributed by atoms with E-state index in [9.17, 15) is 19.2 Å². The Balaban J connectivity index is 1.23. The molecule has 3 heterocycles. The maximum absolute atomic E-state index is 13.0. The molecule has 34 heavy (non-hydrogen) atoms. The standard InChI is InChI=1S/C25H25N3O6/c29-22-9-8-20(24(31)26-22)28-13-19-18(25(28)32)2-1-3-21(19)34-14-17-6-4-16(5-7-17)12-27-10-11-33-15-23(27)30/h1-7,20H,8-15H2,(H,26,29,31)/i10D,15D. The molecule has 3 aliphatic rings. The number of imide groups is 1. The molecule has 1 N–H and O–H groups in total. The highest BCUT2D eigenvalue weighted by molar-refractivity contribution is 6.05. The third kappa shape index (κ3) is 4.38. The van der Waals surface area contributed by atoms with Gasteiger partial charge in [-0.3, -0.25) is 24.5 Å². The zero-order chi connectivity index (χ0) is 25.4. The Bertz CT molecular complexity index is 1220. The second-order valence-corrected chi connectivity index (χ2v) is 8.39. The first-order valence-corrected chi connectivity index (χ1v) is 11.1. The fraction of sp³-hybridized carbons (Fsp3) is 0.360. The van der Waals surface area contributed by atoms with Crippen LogP contribution < -0.4 is 10.1 Å². The first kappa shape index (κ1) is 19.7. The highest BCUT2D eigenvalue weighted by Gasteiger charge is 2.40. The van der Waals surface area contributed by atoms with Crippen molar-refractivity contribution in [2.24, 2.45) is 0 Å². The molecule has 4 amide bonds. The zero-order valence-corrected chi connectivity index (χ0v) is 18.4. The molecule has 176 valence electrons. The molecular formula is C25H25N3O6. The van der Waals surface area contributed by atoms with Gasteiger partial charge in [-0.25, -0.2) is 0 Å². The van der Waals surface area contributed by atoms with Crippen molar-refractivity contribution >= 4 is 23.6 Å². The van der Waals surface area contributed by atoms with Gasteiger partial charge in [0.05, 0.1) is 15.9 Å². The van der Waals surface area contributed by atoms with E-state index in [0.29, 0.717) is 23.3 Å². The molecule has 0 radical (unpaired) electrons. The molecule has 2 saturated heterocycles. The number of hydrogen-bond donors (Lipinski definition) is 1. The molecule has 2 fully saturated rings. The number of hydrogen-bond acceptors (Lipinski definition) is 6. The van der Waals surface area contributed by atoms with Crippen LogP contribution in [-0.4, -0.2) is 59.2 Å². The molecule has 9 heteroatoms. The van der Waals surface area contributed by atoms with E-state index in [4.69, 9.17) is 12.2 Å². The average Bonchev–Trinajstić information content (AvgIpc) is 3.20. The van der Waals surface area contributed by atoms with E-state index in [0.717, 1.165) is 11.1 Å². The van der Waals surface area contributed by atoms with Gasteiger partial charge >= 0.3 is 0 Å². The van der Waals surface area contributed by atoms with Gasteiger partial charge in [0.25, 0.3) is 5.91 Å². The number of rotatable bonds is 6. The largest absolute Gasteiger partial charge is 0.489 e. The van der Waals surface area contributed by atoms with E-state index in [1.165, 1.54) is 9.80 Å². The van der Waals surface area contributed by atoms with E-state index in [-0.39, 0.29) is 44.5 Å². The van der Waals surface area contributed by atoms with Crippen molar-refractivity contribution in [2.45, 2.75) is 38.6 Å². The van der Waals surface area contributed by atoms with Crippen LogP contribution in [0.4, 0.5) is 0 Å². The van der Waals surface area contributed by atoms with E-state index in [1.807, 2.05) is 24.3 Å². The average molecular weight is 466 g/mol. The van der Waals surface area contributed by atoms with Crippen LogP contribution in [0.5, 0.6) is 5.75 Å². The Hall–Kier alpha value is -3.72. The summed E-state index contributed by atoms with van der Waals surface area (Å²) in [5, 5.41) is 2.30. The smallest absolute Gasteiger partial charge is 0.255 e. The molecule has 0 bridgehead atoms. The van der Waals surface area contributed by atoms with Crippen LogP contribution in [0.3, 0.4) is 0 Å². The number of piperidine rings is 1. The molecular weight excluding hydrogens is 438 g/mol. The summed E-state index contributed by atoms with van der Waals surface area (Å²) in [7, 11) is 0. The van der Waals surface area contributed by atoms with Gasteiger partial charge in [-0.2, -0.15) is 0 Å². The van der Waals surface area contributed by atoms with Crippen molar-refractivity contribution in [1.82, 2.24) is 15.1 Å². The maximum Gasteiger partial charge on any atom is 0.255 e. The lowest BCUT2D eigenvalue weighted by Crippen LogP contribution is -2.52. The molecule has 0 aromatic heterocycles. The number of benzene rings is 2. The molecule has 0 spiro atoms. The lowest BCUT2D eigenvalue weighted by molar-refractivity contribution is -0.143. The van der Waals surface area contributed by atoms with Crippen LogP contribution in [0.1, 0.15) is 42.6 Å². The number of morpholine rings is 1. The predicted molar refractivity (Wildman–Crippen MR) is 119 cm³/mol. The lowest BCUT2D eigenvalue weighted by atomic mass is 10.0. The summed E-state index contributed by atoms with van der Waals surface area (Å²) in [4.78, 5) is 51.7. The fourth-order valence-corrected chi connectivity index (χ4v) is 4.34. The van der Waals surface area contributed by atoms with Crippen LogP contribution in [0, 0.1) is 0 Å². The minimum atomic E-state index is -1.29. The van der Waals surface area contributed by atoms with Crippen LogP contribution in [0.15, 0.2) is 42.5 Å². The Labute approximate surface area is 199 Å². The molecule has 2 aromatic rings. The van der Waals surface area contributed by atoms with Crippen LogP contribution in [0.25, 0.3) is 0 Å². The van der Waals surface area contributed by atoms with Crippen molar-refractivity contribution in [3.8, 4) is 5.75 Å². The second-order valence-electron chi connectivity index (χ2n) is 8.39. The number of nitrogens with one attached hydrogen (secondary N) is 1. The minimum Gasteiger partial charge on any atom is -0.489 e. The van der Waals surface area contributed by atoms with Gasteiger partial charge in [0.15, 0.2) is 0 Å². The molecule has 0 saturated carbocycles. The first-order chi connectivity index (χ1) is 17.3. The topological polar surface area (TPSA) is 105 Å². The van der Waals surface area contributed by atoms with Crippen molar-refractivity contribution < 1.29 is 31.4 Å². The van der Waals surface area contributed by atoms with Gasteiger partial charge in [0, 0.05) is 30.6 Å². The summed E-state index contributed by atoms with van der Waals surface area (Å²) < 4.78 is 26.6. The van der Waals surface area contributed by atoms with Crippen molar-refractivity contribution in [2.75, 3.05) is 19.7 Å². The summed E-state index contributed by atoms with van der Waals surface area (Å²) >= 11 is 0. The summed E-state index contributed by atoms with van der Waals surface area (Å²) in [5.41, 5.74) is 2.89. The van der Waals surface area contributed by atoms with Crippen molar-refractivity contribution in [3.05, 3.63) is 64.7 Å². The molecule has 2 aromatic carbocycles. The molecule has 5 rings (SSSR count). The number of nitrogens with zero attached hydrogens (tertiary/aromatic N) is 2. The SMILES string of the molecule is [2H]C1OCC([2H])N(Cc2ccc(COc3cccc4c3CN(C3CCC(=O)NC3=O)C4=O)cc2)C1=O. The first-order valence-electron chi connectivity index (χ1n) is 12.2. The van der Waals surface area contributed by atoms with E-state index < -0.39 is 31.0 Å². The number of amides is 4. The van der Waals surface area contributed by atoms with Gasteiger partial charge in [-0.05, 0) is 29.7 Å². The predicted octanol–water partition coefficient (Wildman–Crippen LogP) is 1.39. The Kier molecular flexibility index (Phi) is 5.37. The second kappa shape index (κ2) is 9.26. The van der Waals surface area contributed by atoms with Gasteiger partial charge in [-0.15, -0.1) is 0 Å². The highest BCUT2D eigenvalue weighted by Crippen LogP contribution is 2.34. The quantitative estimate of drug-likeness (QED) is 0.647. The van der Waals surface area contributed by atoms with Crippen LogP contribution in [0.2, 0.25) is 0 Å². The normalized spacial score (nSPS) is 25.6. The zero-order valence-electron chi connectivity index (χ0n) is 20.4. The Morgan fingerprint density at radius 2 is 1.88 bits per heavy atom. The number of carbonyl (C=O) groups is 4. The third-order valence-electron chi connectivity index (χ3n) is 6.17. The summed E-state index contributed by atoms with van der Waals surface area (Å²) in [6.07, 6.45) is 0.494. The van der Waals surface area contributed by atoms with E-state index >= 15 is 0 Å². The van der Waals surface area contributed by atoms with Crippen molar-refractivity contribution in [1.29, 1.82) is 0 Å². The van der Waals surface area contributed by atoms with Crippen molar-refractivity contribution in [3.63, 3.8) is 0 Å². The monoisotopic (exact) mass is 465 g/mol. The van der Waals surface area contributed by atoms with Gasteiger partial charge in [-0.1, -0.05) is 30.3 Å². The van der Waals surface area contributed by atoms with Crippen LogP contribution >= 0.6 is 0 Å². The minimum absolute atomic E-state index is 0.0106. The molecule has 3 atom stereocenters. The highest BCUT2D eigenvalue weighted by atomic mass is 16.5. The number of ether oxygens (including phenoxy) is 2. The third-order valence-corrected chi connectivity index (χ3v) is 6.17. The molecule has 9 nitrogen and oxygen atoms in total. The number of carbonyl (C=O) groups excluding carboxylic acids is 4. The van der Waals surface area contributed by atoms with Gasteiger partial charge < -0.3 is 19.3 Å². The number of fused-ring (bicyclic) bond motifs is 1. The molecule has 3 unspecified atom stereocenters.